The van der Waals surface area contributed by atoms with Gasteiger partial charge < -0.3 is 14.6 Å². The van der Waals surface area contributed by atoms with E-state index in [0.29, 0.717) is 24.5 Å². The maximum absolute atomic E-state index is 12.1. The predicted molar refractivity (Wildman–Crippen MR) is 99.3 cm³/mol. The Balaban J connectivity index is 1.73. The number of rotatable bonds is 10. The predicted octanol–water partition coefficient (Wildman–Crippen LogP) is 5.47. The molecule has 0 atom stereocenters. The molecule has 2 aromatic carbocycles. The average Bonchev–Trinajstić information content (AvgIpc) is 2.65. The molecule has 1 N–H and O–H groups in total. The number of hydrogen-bond donors (Lipinski definition) is 1. The topological polar surface area (TPSA) is 55.8 Å². The highest BCUT2D eigenvalue weighted by atomic mass is 19.4. The molecule has 0 saturated carbocycles. The first-order valence-corrected chi connectivity index (χ1v) is 8.74. The van der Waals surface area contributed by atoms with Crippen LogP contribution in [0, 0.1) is 0 Å². The lowest BCUT2D eigenvalue weighted by Crippen LogP contribution is -2.07. The van der Waals surface area contributed by atoms with Crippen molar-refractivity contribution >= 4 is 12.0 Å². The van der Waals surface area contributed by atoms with Crippen molar-refractivity contribution in [2.24, 2.45) is 0 Å². The van der Waals surface area contributed by atoms with E-state index in [9.17, 15) is 18.0 Å². The van der Waals surface area contributed by atoms with Gasteiger partial charge in [0.1, 0.15) is 18.1 Å². The number of aliphatic carboxylic acids is 1. The van der Waals surface area contributed by atoms with Crippen LogP contribution < -0.4 is 9.47 Å². The standard InChI is InChI=1S/C21H21F3O4/c22-21(23,24)13-1-2-14-27-18-10-5-17(6-11-18)15-28-19-8-3-16(4-9-19)7-12-20(25)26/h3-12H,1-2,13-15H2,(H,25,26)/b12-7+. The van der Waals surface area contributed by atoms with Crippen molar-refractivity contribution in [1.29, 1.82) is 0 Å². The Labute approximate surface area is 161 Å². The second-order valence-corrected chi connectivity index (χ2v) is 6.09. The molecule has 0 aliphatic rings. The average molecular weight is 394 g/mol. The molecular weight excluding hydrogens is 373 g/mol. The first kappa shape index (κ1) is 21.3. The van der Waals surface area contributed by atoms with Crippen LogP contribution in [0.25, 0.3) is 6.08 Å². The molecule has 0 spiro atoms. The zero-order chi connectivity index (χ0) is 20.4. The van der Waals surface area contributed by atoms with Gasteiger partial charge in [0.2, 0.25) is 0 Å². The Morgan fingerprint density at radius 2 is 1.54 bits per heavy atom. The Bertz CT molecular complexity index is 766. The lowest BCUT2D eigenvalue weighted by molar-refractivity contribution is -0.136. The van der Waals surface area contributed by atoms with E-state index in [1.54, 1.807) is 36.4 Å². The molecule has 0 aliphatic carbocycles. The van der Waals surface area contributed by atoms with E-state index in [2.05, 4.69) is 0 Å². The van der Waals surface area contributed by atoms with Crippen molar-refractivity contribution < 1.29 is 32.5 Å². The maximum Gasteiger partial charge on any atom is 0.389 e. The third kappa shape index (κ3) is 8.62. The van der Waals surface area contributed by atoms with Crippen molar-refractivity contribution in [3.63, 3.8) is 0 Å². The summed E-state index contributed by atoms with van der Waals surface area (Å²) < 4.78 is 47.3. The number of halogens is 3. The largest absolute Gasteiger partial charge is 0.494 e. The van der Waals surface area contributed by atoms with E-state index in [1.807, 2.05) is 12.1 Å². The summed E-state index contributed by atoms with van der Waals surface area (Å²) in [6.07, 6.45) is -1.94. The number of benzene rings is 2. The van der Waals surface area contributed by atoms with Gasteiger partial charge in [-0.3, -0.25) is 0 Å². The molecule has 0 aliphatic heterocycles. The summed E-state index contributed by atoms with van der Waals surface area (Å²) in [5.74, 6) is 0.247. The van der Waals surface area contributed by atoms with E-state index >= 15 is 0 Å². The molecule has 0 unspecified atom stereocenters. The minimum atomic E-state index is -4.11. The minimum Gasteiger partial charge on any atom is -0.494 e. The molecule has 150 valence electrons. The summed E-state index contributed by atoms with van der Waals surface area (Å²) in [6, 6.07) is 14.2. The van der Waals surface area contributed by atoms with Crippen molar-refractivity contribution in [2.75, 3.05) is 6.61 Å². The van der Waals surface area contributed by atoms with Crippen LogP contribution in [-0.2, 0) is 11.4 Å². The third-order valence-corrected chi connectivity index (χ3v) is 3.75. The summed E-state index contributed by atoms with van der Waals surface area (Å²) >= 11 is 0. The summed E-state index contributed by atoms with van der Waals surface area (Å²) in [4.78, 5) is 10.5. The Morgan fingerprint density at radius 3 is 2.14 bits per heavy atom. The second kappa shape index (κ2) is 10.4. The van der Waals surface area contributed by atoms with Crippen LogP contribution in [0.3, 0.4) is 0 Å². The summed E-state index contributed by atoms with van der Waals surface area (Å²) in [7, 11) is 0. The van der Waals surface area contributed by atoms with Crippen LogP contribution in [0.15, 0.2) is 54.6 Å². The summed E-state index contributed by atoms with van der Waals surface area (Å²) in [6.45, 7) is 0.588. The molecule has 7 heteroatoms. The fourth-order valence-corrected chi connectivity index (χ4v) is 2.31. The van der Waals surface area contributed by atoms with E-state index < -0.39 is 18.6 Å². The van der Waals surface area contributed by atoms with Gasteiger partial charge in [-0.1, -0.05) is 24.3 Å². The van der Waals surface area contributed by atoms with Crippen molar-refractivity contribution in [3.05, 3.63) is 65.7 Å². The van der Waals surface area contributed by atoms with Crippen molar-refractivity contribution in [3.8, 4) is 11.5 Å². The van der Waals surface area contributed by atoms with E-state index in [1.165, 1.54) is 6.08 Å². The number of alkyl halides is 3. The Kier molecular flexibility index (Phi) is 7.92. The van der Waals surface area contributed by atoms with Crippen LogP contribution in [-0.4, -0.2) is 23.9 Å². The first-order chi connectivity index (χ1) is 13.3. The Hall–Kier alpha value is -2.96. The number of hydrogen-bond acceptors (Lipinski definition) is 3. The molecule has 0 aromatic heterocycles. The van der Waals surface area contributed by atoms with Gasteiger partial charge in [-0.15, -0.1) is 0 Å². The van der Waals surface area contributed by atoms with E-state index in [-0.39, 0.29) is 13.0 Å². The molecule has 0 fully saturated rings. The minimum absolute atomic E-state index is 0.0559. The molecular formula is C21H21F3O4. The van der Waals surface area contributed by atoms with Gasteiger partial charge in [0, 0.05) is 12.5 Å². The van der Waals surface area contributed by atoms with Gasteiger partial charge in [0.25, 0.3) is 0 Å². The van der Waals surface area contributed by atoms with Crippen LogP contribution in [0.2, 0.25) is 0 Å². The lowest BCUT2D eigenvalue weighted by Gasteiger charge is -2.09. The van der Waals surface area contributed by atoms with Crippen LogP contribution in [0.4, 0.5) is 13.2 Å². The van der Waals surface area contributed by atoms with Crippen LogP contribution in [0.5, 0.6) is 11.5 Å². The van der Waals surface area contributed by atoms with Crippen molar-refractivity contribution in [1.82, 2.24) is 0 Å². The highest BCUT2D eigenvalue weighted by Gasteiger charge is 2.25. The normalized spacial score (nSPS) is 11.5. The number of ether oxygens (including phenoxy) is 2. The van der Waals surface area contributed by atoms with Gasteiger partial charge >= 0.3 is 12.1 Å². The number of unbranched alkanes of at least 4 members (excludes halogenated alkanes) is 1. The highest BCUT2D eigenvalue weighted by Crippen LogP contribution is 2.22. The van der Waals surface area contributed by atoms with Gasteiger partial charge in [-0.2, -0.15) is 13.2 Å². The smallest absolute Gasteiger partial charge is 0.389 e. The molecule has 4 nitrogen and oxygen atoms in total. The van der Waals surface area contributed by atoms with Crippen LogP contribution >= 0.6 is 0 Å². The van der Waals surface area contributed by atoms with Gasteiger partial charge in [0.15, 0.2) is 0 Å². The fraction of sp³-hybridized carbons (Fsp3) is 0.286. The second-order valence-electron chi connectivity index (χ2n) is 6.09. The van der Waals surface area contributed by atoms with Gasteiger partial charge in [-0.05, 0) is 54.3 Å². The zero-order valence-electron chi connectivity index (χ0n) is 15.1. The zero-order valence-corrected chi connectivity index (χ0v) is 15.1. The summed E-state index contributed by atoms with van der Waals surface area (Å²) in [5.41, 5.74) is 1.67. The molecule has 0 heterocycles. The molecule has 2 rings (SSSR count). The fourth-order valence-electron chi connectivity index (χ4n) is 2.31. The SMILES string of the molecule is O=C(O)/C=C/c1ccc(OCc2ccc(OCCCCC(F)(F)F)cc2)cc1. The molecule has 0 bridgehead atoms. The monoisotopic (exact) mass is 394 g/mol. The van der Waals surface area contributed by atoms with Crippen LogP contribution in [0.1, 0.15) is 30.4 Å². The third-order valence-electron chi connectivity index (χ3n) is 3.75. The van der Waals surface area contributed by atoms with E-state index in [4.69, 9.17) is 14.6 Å². The summed E-state index contributed by atoms with van der Waals surface area (Å²) in [5, 5.41) is 8.60. The number of carboxylic acids is 1. The van der Waals surface area contributed by atoms with Gasteiger partial charge in [0.05, 0.1) is 6.61 Å². The Morgan fingerprint density at radius 1 is 0.929 bits per heavy atom. The molecule has 2 aromatic rings. The quantitative estimate of drug-likeness (QED) is 0.429. The first-order valence-electron chi connectivity index (χ1n) is 8.74. The molecule has 0 amide bonds. The van der Waals surface area contributed by atoms with E-state index in [0.717, 1.165) is 17.2 Å². The molecule has 28 heavy (non-hydrogen) atoms. The highest BCUT2D eigenvalue weighted by molar-refractivity contribution is 5.85. The number of carbonyl (C=O) groups is 1. The lowest BCUT2D eigenvalue weighted by atomic mass is 10.2. The van der Waals surface area contributed by atoms with Crippen molar-refractivity contribution in [2.45, 2.75) is 32.0 Å². The van der Waals surface area contributed by atoms with Gasteiger partial charge in [-0.25, -0.2) is 4.79 Å². The maximum atomic E-state index is 12.1. The number of carboxylic acid groups (broad SMARTS) is 1. The molecule has 0 radical (unpaired) electrons. The molecule has 0 saturated heterocycles.